The Bertz CT molecular complexity index is 718. The Balaban J connectivity index is 1.35. The summed E-state index contributed by atoms with van der Waals surface area (Å²) < 4.78 is 0. The zero-order valence-corrected chi connectivity index (χ0v) is 15.6. The van der Waals surface area contributed by atoms with Gasteiger partial charge in [0.15, 0.2) is 5.13 Å². The average Bonchev–Trinajstić information content (AvgIpc) is 3.24. The lowest BCUT2D eigenvalue weighted by atomic mass is 10.3. The molecule has 5 nitrogen and oxygen atoms in total. The van der Waals surface area contributed by atoms with E-state index in [1.807, 2.05) is 23.6 Å². The summed E-state index contributed by atoms with van der Waals surface area (Å²) >= 11 is 3.23. The summed E-state index contributed by atoms with van der Waals surface area (Å²) in [6.45, 7) is 1.40. The van der Waals surface area contributed by atoms with Crippen molar-refractivity contribution in [3.05, 3.63) is 41.4 Å². The van der Waals surface area contributed by atoms with Crippen LogP contribution in [0.5, 0.6) is 0 Å². The maximum absolute atomic E-state index is 12.0. The molecule has 7 heteroatoms. The third kappa shape index (κ3) is 5.31. The highest BCUT2D eigenvalue weighted by Gasteiger charge is 2.24. The second-order valence-corrected chi connectivity index (χ2v) is 7.82. The molecule has 1 aliphatic heterocycles. The number of aromatic nitrogens is 1. The minimum absolute atomic E-state index is 0.0192. The molecule has 1 saturated heterocycles. The van der Waals surface area contributed by atoms with Crippen LogP contribution in [0.3, 0.4) is 0 Å². The third-order valence-corrected chi connectivity index (χ3v) is 5.85. The fourth-order valence-corrected chi connectivity index (χ4v) is 4.33. The number of amides is 2. The van der Waals surface area contributed by atoms with Gasteiger partial charge in [0.05, 0.1) is 12.1 Å². The standard InChI is InChI=1S/C18H21N3O2S2/c22-16(19-9-5-11-24-15-6-2-1-3-7-15)12-14-13-25-18(20-14)21-10-4-8-17(21)23/h1-3,6-7,13H,4-5,8-12H2,(H,19,22). The van der Waals surface area contributed by atoms with Crippen LogP contribution in [-0.2, 0) is 16.0 Å². The van der Waals surface area contributed by atoms with Gasteiger partial charge in [-0.25, -0.2) is 4.98 Å². The van der Waals surface area contributed by atoms with Crippen molar-refractivity contribution in [1.29, 1.82) is 0 Å². The number of rotatable bonds is 8. The predicted octanol–water partition coefficient (Wildman–Crippen LogP) is 3.11. The van der Waals surface area contributed by atoms with Crippen molar-refractivity contribution in [3.63, 3.8) is 0 Å². The Kier molecular flexibility index (Phi) is 6.47. The molecule has 0 bridgehead atoms. The maximum atomic E-state index is 12.0. The summed E-state index contributed by atoms with van der Waals surface area (Å²) in [6.07, 6.45) is 2.67. The number of hydrogen-bond donors (Lipinski definition) is 1. The number of carbonyl (C=O) groups excluding carboxylic acids is 2. The summed E-state index contributed by atoms with van der Waals surface area (Å²) in [7, 11) is 0. The molecule has 2 amide bonds. The Hall–Kier alpha value is -1.86. The van der Waals surface area contributed by atoms with E-state index < -0.39 is 0 Å². The number of benzene rings is 1. The Labute approximate surface area is 155 Å². The molecule has 3 rings (SSSR count). The lowest BCUT2D eigenvalue weighted by molar-refractivity contribution is -0.120. The minimum atomic E-state index is -0.0192. The van der Waals surface area contributed by atoms with Gasteiger partial charge >= 0.3 is 0 Å². The Morgan fingerprint density at radius 3 is 2.92 bits per heavy atom. The molecule has 0 saturated carbocycles. The van der Waals surface area contributed by atoms with Crippen molar-refractivity contribution in [2.24, 2.45) is 0 Å². The molecule has 2 aromatic rings. The van der Waals surface area contributed by atoms with Crippen LogP contribution >= 0.6 is 23.1 Å². The molecule has 0 radical (unpaired) electrons. The number of thiazole rings is 1. The molecular formula is C18H21N3O2S2. The smallest absolute Gasteiger partial charge is 0.228 e. The fraction of sp³-hybridized carbons (Fsp3) is 0.389. The first-order valence-corrected chi connectivity index (χ1v) is 10.3. The highest BCUT2D eigenvalue weighted by atomic mass is 32.2. The van der Waals surface area contributed by atoms with Crippen LogP contribution in [0.15, 0.2) is 40.6 Å². The molecule has 1 aromatic carbocycles. The molecule has 0 spiro atoms. The second-order valence-electron chi connectivity index (χ2n) is 5.81. The predicted molar refractivity (Wildman–Crippen MR) is 102 cm³/mol. The zero-order chi connectivity index (χ0) is 17.5. The SMILES string of the molecule is O=C(Cc1csc(N2CCCC2=O)n1)NCCCSc1ccccc1. The summed E-state index contributed by atoms with van der Waals surface area (Å²) in [6, 6.07) is 10.3. The van der Waals surface area contributed by atoms with Crippen molar-refractivity contribution in [2.75, 3.05) is 23.7 Å². The molecular weight excluding hydrogens is 354 g/mol. The molecule has 1 aliphatic rings. The van der Waals surface area contributed by atoms with E-state index in [2.05, 4.69) is 22.4 Å². The van der Waals surface area contributed by atoms with Gasteiger partial charge in [0, 0.05) is 29.8 Å². The first-order chi connectivity index (χ1) is 12.2. The van der Waals surface area contributed by atoms with Gasteiger partial charge in [0.2, 0.25) is 11.8 Å². The zero-order valence-electron chi connectivity index (χ0n) is 13.9. The third-order valence-electron chi connectivity index (χ3n) is 3.84. The number of anilines is 1. The number of nitrogens with one attached hydrogen (secondary N) is 1. The molecule has 1 N–H and O–H groups in total. The van der Waals surface area contributed by atoms with E-state index in [4.69, 9.17) is 0 Å². The number of thioether (sulfide) groups is 1. The maximum Gasteiger partial charge on any atom is 0.228 e. The van der Waals surface area contributed by atoms with Crippen LogP contribution in [0.1, 0.15) is 25.0 Å². The highest BCUT2D eigenvalue weighted by molar-refractivity contribution is 7.99. The topological polar surface area (TPSA) is 62.3 Å². The lowest BCUT2D eigenvalue weighted by Gasteiger charge is -2.10. The number of nitrogens with zero attached hydrogens (tertiary/aromatic N) is 2. The molecule has 0 atom stereocenters. The number of carbonyl (C=O) groups is 2. The summed E-state index contributed by atoms with van der Waals surface area (Å²) in [5.41, 5.74) is 0.732. The van der Waals surface area contributed by atoms with Crippen molar-refractivity contribution < 1.29 is 9.59 Å². The first kappa shape index (κ1) is 17.9. The van der Waals surface area contributed by atoms with E-state index in [-0.39, 0.29) is 18.2 Å². The van der Waals surface area contributed by atoms with E-state index in [1.165, 1.54) is 16.2 Å². The lowest BCUT2D eigenvalue weighted by Crippen LogP contribution is -2.27. The van der Waals surface area contributed by atoms with Gasteiger partial charge in [-0.2, -0.15) is 0 Å². The molecule has 1 fully saturated rings. The van der Waals surface area contributed by atoms with Gasteiger partial charge in [-0.15, -0.1) is 23.1 Å². The minimum Gasteiger partial charge on any atom is -0.356 e. The summed E-state index contributed by atoms with van der Waals surface area (Å²) in [4.78, 5) is 31.1. The van der Waals surface area contributed by atoms with E-state index in [9.17, 15) is 9.59 Å². The van der Waals surface area contributed by atoms with Gasteiger partial charge < -0.3 is 5.32 Å². The van der Waals surface area contributed by atoms with Crippen molar-refractivity contribution in [1.82, 2.24) is 10.3 Å². The first-order valence-electron chi connectivity index (χ1n) is 8.42. The van der Waals surface area contributed by atoms with Crippen molar-refractivity contribution >= 4 is 40.0 Å². The molecule has 132 valence electrons. The molecule has 2 heterocycles. The summed E-state index contributed by atoms with van der Waals surface area (Å²) in [5, 5.41) is 5.52. The van der Waals surface area contributed by atoms with Crippen LogP contribution in [0.25, 0.3) is 0 Å². The number of hydrogen-bond acceptors (Lipinski definition) is 5. The van der Waals surface area contributed by atoms with Crippen LogP contribution < -0.4 is 10.2 Å². The summed E-state index contributed by atoms with van der Waals surface area (Å²) in [5.74, 6) is 1.08. The van der Waals surface area contributed by atoms with Gasteiger partial charge in [0.1, 0.15) is 0 Å². The van der Waals surface area contributed by atoms with E-state index in [0.717, 1.165) is 30.8 Å². The van der Waals surface area contributed by atoms with Gasteiger partial charge in [-0.05, 0) is 30.7 Å². The largest absolute Gasteiger partial charge is 0.356 e. The van der Waals surface area contributed by atoms with Gasteiger partial charge in [-0.3, -0.25) is 14.5 Å². The van der Waals surface area contributed by atoms with Crippen LogP contribution in [-0.4, -0.2) is 35.6 Å². The monoisotopic (exact) mass is 375 g/mol. The average molecular weight is 376 g/mol. The van der Waals surface area contributed by atoms with Gasteiger partial charge in [-0.1, -0.05) is 18.2 Å². The van der Waals surface area contributed by atoms with E-state index >= 15 is 0 Å². The Morgan fingerprint density at radius 1 is 1.32 bits per heavy atom. The normalized spacial score (nSPS) is 14.1. The molecule has 1 aromatic heterocycles. The molecule has 0 aliphatic carbocycles. The van der Waals surface area contributed by atoms with Crippen LogP contribution in [0, 0.1) is 0 Å². The quantitative estimate of drug-likeness (QED) is 0.569. The van der Waals surface area contributed by atoms with Crippen LogP contribution in [0.4, 0.5) is 5.13 Å². The Morgan fingerprint density at radius 2 is 2.16 bits per heavy atom. The highest BCUT2D eigenvalue weighted by Crippen LogP contribution is 2.25. The van der Waals surface area contributed by atoms with E-state index in [0.29, 0.717) is 18.1 Å². The molecule has 25 heavy (non-hydrogen) atoms. The van der Waals surface area contributed by atoms with Crippen molar-refractivity contribution in [2.45, 2.75) is 30.6 Å². The van der Waals surface area contributed by atoms with Crippen molar-refractivity contribution in [3.8, 4) is 0 Å². The second kappa shape index (κ2) is 9.01. The van der Waals surface area contributed by atoms with E-state index in [1.54, 1.807) is 16.7 Å². The fourth-order valence-electron chi connectivity index (χ4n) is 2.59. The molecule has 0 unspecified atom stereocenters. The van der Waals surface area contributed by atoms with Gasteiger partial charge in [0.25, 0.3) is 0 Å². The van der Waals surface area contributed by atoms with Crippen LogP contribution in [0.2, 0.25) is 0 Å².